The Morgan fingerprint density at radius 1 is 1.10 bits per heavy atom. The fourth-order valence-corrected chi connectivity index (χ4v) is 4.88. The average Bonchev–Trinajstić information content (AvgIpc) is 3.11. The summed E-state index contributed by atoms with van der Waals surface area (Å²) in [4.78, 5) is 3.38. The Morgan fingerprint density at radius 3 is 2.80 bits per heavy atom. The first-order chi connectivity index (χ1) is 14.7. The highest BCUT2D eigenvalue weighted by atomic mass is 35.5. The highest BCUT2D eigenvalue weighted by Crippen LogP contribution is 2.45. The summed E-state index contributed by atoms with van der Waals surface area (Å²) in [5.41, 5.74) is 3.46. The highest BCUT2D eigenvalue weighted by Gasteiger charge is 2.23. The molecule has 0 unspecified atom stereocenters. The van der Waals surface area contributed by atoms with Gasteiger partial charge in [0.15, 0.2) is 6.20 Å². The summed E-state index contributed by atoms with van der Waals surface area (Å²) < 4.78 is 2.20. The van der Waals surface area contributed by atoms with Crippen molar-refractivity contribution < 1.29 is 9.67 Å². The smallest absolute Gasteiger partial charge is 0.214 e. The molecule has 0 amide bonds. The van der Waals surface area contributed by atoms with Gasteiger partial charge in [0.25, 0.3) is 0 Å². The van der Waals surface area contributed by atoms with Crippen molar-refractivity contribution in [1.82, 2.24) is 0 Å². The Kier molecular flexibility index (Phi) is 6.58. The van der Waals surface area contributed by atoms with Crippen LogP contribution in [0.3, 0.4) is 0 Å². The predicted molar refractivity (Wildman–Crippen MR) is 128 cm³/mol. The molecule has 1 aromatic heterocycles. The minimum atomic E-state index is 0.124. The molecule has 0 spiro atoms. The quantitative estimate of drug-likeness (QED) is 0.390. The van der Waals surface area contributed by atoms with Crippen LogP contribution < -0.4 is 9.47 Å². The second-order valence-corrected chi connectivity index (χ2v) is 8.41. The van der Waals surface area contributed by atoms with E-state index in [1.165, 1.54) is 10.3 Å². The number of hydrogen-bond donors (Lipinski definition) is 1. The zero-order valence-electron chi connectivity index (χ0n) is 16.8. The molecule has 0 saturated heterocycles. The van der Waals surface area contributed by atoms with Gasteiger partial charge in [-0.15, -0.1) is 0 Å². The molecule has 1 aliphatic rings. The topological polar surface area (TPSA) is 27.4 Å². The molecule has 0 bridgehead atoms. The van der Waals surface area contributed by atoms with Gasteiger partial charge < -0.3 is 10.0 Å². The number of hydrogen-bond acceptors (Lipinski definition) is 3. The third-order valence-corrected chi connectivity index (χ3v) is 6.42. The second kappa shape index (κ2) is 9.52. The van der Waals surface area contributed by atoms with Gasteiger partial charge in [0.1, 0.15) is 6.54 Å². The number of aryl methyl sites for hydroxylation is 1. The van der Waals surface area contributed by atoms with Gasteiger partial charge in [0.05, 0.1) is 22.7 Å². The number of para-hydroxylation sites is 1. The molecular formula is C25H24ClN2OS+. The number of thioether (sulfide) groups is 1. The van der Waals surface area contributed by atoms with Crippen LogP contribution in [-0.4, -0.2) is 18.3 Å². The number of benzene rings is 2. The highest BCUT2D eigenvalue weighted by molar-refractivity contribution is 8.03. The number of aromatic nitrogens is 1. The van der Waals surface area contributed by atoms with Gasteiger partial charge in [0, 0.05) is 28.6 Å². The molecule has 30 heavy (non-hydrogen) atoms. The summed E-state index contributed by atoms with van der Waals surface area (Å²) >= 11 is 7.94. The van der Waals surface area contributed by atoms with E-state index in [1.807, 2.05) is 36.4 Å². The number of nitrogens with zero attached hydrogens (tertiary/aromatic N) is 2. The predicted octanol–water partition coefficient (Wildman–Crippen LogP) is 5.82. The molecule has 0 saturated carbocycles. The zero-order valence-corrected chi connectivity index (χ0v) is 18.4. The van der Waals surface area contributed by atoms with E-state index in [4.69, 9.17) is 11.6 Å². The summed E-state index contributed by atoms with van der Waals surface area (Å²) in [6, 6.07) is 16.5. The van der Waals surface area contributed by atoms with Gasteiger partial charge in [0.2, 0.25) is 5.52 Å². The number of halogens is 1. The lowest BCUT2D eigenvalue weighted by atomic mass is 10.1. The molecule has 0 fully saturated rings. The van der Waals surface area contributed by atoms with Crippen molar-refractivity contribution in [2.45, 2.75) is 18.4 Å². The van der Waals surface area contributed by atoms with E-state index in [9.17, 15) is 5.11 Å². The number of rotatable bonds is 6. The van der Waals surface area contributed by atoms with Crippen LogP contribution in [0.4, 0.5) is 5.69 Å². The summed E-state index contributed by atoms with van der Waals surface area (Å²) in [5, 5.41) is 12.5. The number of allylic oxidation sites excluding steroid dienone is 4. The maximum absolute atomic E-state index is 9.43. The van der Waals surface area contributed by atoms with Crippen LogP contribution in [-0.2, 0) is 6.54 Å². The summed E-state index contributed by atoms with van der Waals surface area (Å²) in [6.45, 7) is 3.75. The van der Waals surface area contributed by atoms with Crippen molar-refractivity contribution in [3.63, 3.8) is 0 Å². The molecule has 3 nitrogen and oxygen atoms in total. The van der Waals surface area contributed by atoms with Crippen LogP contribution in [0.15, 0.2) is 89.0 Å². The Labute approximate surface area is 186 Å². The van der Waals surface area contributed by atoms with Crippen LogP contribution in [0.1, 0.15) is 12.5 Å². The van der Waals surface area contributed by atoms with E-state index in [0.717, 1.165) is 33.4 Å². The normalized spacial score (nSPS) is 15.2. The molecular weight excluding hydrogens is 412 g/mol. The van der Waals surface area contributed by atoms with Crippen LogP contribution in [0.2, 0.25) is 5.02 Å². The molecule has 0 aliphatic carbocycles. The molecule has 5 heteroatoms. The Morgan fingerprint density at radius 2 is 1.97 bits per heavy atom. The molecule has 1 N–H and O–H groups in total. The van der Waals surface area contributed by atoms with E-state index >= 15 is 0 Å². The lowest BCUT2D eigenvalue weighted by molar-refractivity contribution is -0.667. The van der Waals surface area contributed by atoms with Gasteiger partial charge in [-0.2, -0.15) is 4.57 Å². The lowest BCUT2D eigenvalue weighted by Gasteiger charge is -2.18. The fourth-order valence-electron chi connectivity index (χ4n) is 3.62. The number of pyridine rings is 1. The maximum atomic E-state index is 9.43. The van der Waals surface area contributed by atoms with E-state index in [-0.39, 0.29) is 6.61 Å². The van der Waals surface area contributed by atoms with Gasteiger partial charge in [-0.1, -0.05) is 59.8 Å². The Hall–Kier alpha value is -2.53. The number of fused-ring (bicyclic) bond motifs is 2. The van der Waals surface area contributed by atoms with E-state index in [2.05, 4.69) is 65.1 Å². The van der Waals surface area contributed by atoms with Gasteiger partial charge >= 0.3 is 0 Å². The average molecular weight is 436 g/mol. The van der Waals surface area contributed by atoms with E-state index < -0.39 is 0 Å². The minimum Gasteiger partial charge on any atom is -0.395 e. The summed E-state index contributed by atoms with van der Waals surface area (Å²) in [6.07, 6.45) is 12.5. The van der Waals surface area contributed by atoms with Crippen molar-refractivity contribution in [2.75, 3.05) is 18.1 Å². The van der Waals surface area contributed by atoms with Crippen LogP contribution >= 0.6 is 23.4 Å². The molecule has 4 rings (SSSR count). The van der Waals surface area contributed by atoms with Gasteiger partial charge in [-0.3, -0.25) is 0 Å². The second-order valence-electron chi connectivity index (χ2n) is 6.91. The molecule has 2 heterocycles. The minimum absolute atomic E-state index is 0.124. The number of aliphatic hydroxyl groups excluding tert-OH is 1. The monoisotopic (exact) mass is 435 g/mol. The molecule has 3 aromatic rings. The number of β-amino-alcohol motifs (C(OH)–C–C–N with tert-alkyl or cyclic N) is 1. The molecule has 1 aliphatic heterocycles. The summed E-state index contributed by atoms with van der Waals surface area (Å²) in [7, 11) is 0. The third-order valence-electron chi connectivity index (χ3n) is 5.05. The zero-order chi connectivity index (χ0) is 20.9. The molecule has 152 valence electrons. The van der Waals surface area contributed by atoms with Crippen molar-refractivity contribution in [3.05, 3.63) is 94.6 Å². The fraction of sp³-hybridized carbons (Fsp3) is 0.160. The Bertz CT molecular complexity index is 1150. The van der Waals surface area contributed by atoms with Crippen LogP contribution in [0.25, 0.3) is 17.0 Å². The van der Waals surface area contributed by atoms with E-state index in [1.54, 1.807) is 11.8 Å². The Balaban J connectivity index is 1.54. The van der Waals surface area contributed by atoms with E-state index in [0.29, 0.717) is 6.54 Å². The first-order valence-electron chi connectivity index (χ1n) is 10.0. The van der Waals surface area contributed by atoms with Crippen LogP contribution in [0, 0.1) is 0 Å². The van der Waals surface area contributed by atoms with Crippen molar-refractivity contribution >= 4 is 46.0 Å². The van der Waals surface area contributed by atoms with Crippen molar-refractivity contribution in [3.8, 4) is 0 Å². The summed E-state index contributed by atoms with van der Waals surface area (Å²) in [5.74, 6) is 0. The standard InChI is InChI=1S/C25H24ClN2OS/c1-2-27-15-14-19(21-13-12-20(26)18-23(21)27)8-4-3-5-11-25-28(16-17-29)22-9-6-7-10-24(22)30-25/h3-15,18,29H,2,16-17H2,1H3/q+1. The van der Waals surface area contributed by atoms with Gasteiger partial charge in [-0.25, -0.2) is 0 Å². The maximum Gasteiger partial charge on any atom is 0.214 e. The number of aliphatic hydroxyl groups is 1. The van der Waals surface area contributed by atoms with Crippen molar-refractivity contribution in [1.29, 1.82) is 0 Å². The molecule has 0 radical (unpaired) electrons. The molecule has 2 aromatic carbocycles. The number of anilines is 1. The van der Waals surface area contributed by atoms with Crippen molar-refractivity contribution in [2.24, 2.45) is 0 Å². The van der Waals surface area contributed by atoms with Gasteiger partial charge in [-0.05, 0) is 42.8 Å². The lowest BCUT2D eigenvalue weighted by Crippen LogP contribution is -2.32. The first-order valence-corrected chi connectivity index (χ1v) is 11.2. The molecule has 0 atom stereocenters. The largest absolute Gasteiger partial charge is 0.395 e. The van der Waals surface area contributed by atoms with Crippen LogP contribution in [0.5, 0.6) is 0 Å². The first kappa shape index (κ1) is 20.7. The third kappa shape index (κ3) is 4.31. The SMILES string of the molecule is CC[n+]1ccc(/C=C/C=C/C=C2\Sc3ccccc3N2CCO)c2ccc(Cl)cc21.